The van der Waals surface area contributed by atoms with Crippen molar-refractivity contribution in [3.8, 4) is 0 Å². The summed E-state index contributed by atoms with van der Waals surface area (Å²) in [7, 11) is 0. The number of nitrogens with zero attached hydrogens (tertiary/aromatic N) is 3. The van der Waals surface area contributed by atoms with E-state index in [2.05, 4.69) is 14.9 Å². The molecule has 1 saturated heterocycles. The minimum absolute atomic E-state index is 0.0404. The predicted octanol–water partition coefficient (Wildman–Crippen LogP) is 1.98. The van der Waals surface area contributed by atoms with Crippen LogP contribution in [0, 0.1) is 5.92 Å². The normalized spacial score (nSPS) is 19.3. The summed E-state index contributed by atoms with van der Waals surface area (Å²) in [6.07, 6.45) is 5.46. The number of hydrogen-bond acceptors (Lipinski definition) is 6. The zero-order valence-corrected chi connectivity index (χ0v) is 12.2. The van der Waals surface area contributed by atoms with Gasteiger partial charge >= 0.3 is 5.97 Å². The number of thioether (sulfide) groups is 1. The van der Waals surface area contributed by atoms with Crippen molar-refractivity contribution in [3.63, 3.8) is 0 Å². The molecule has 2 rings (SSSR count). The topological polar surface area (TPSA) is 55.3 Å². The van der Waals surface area contributed by atoms with Crippen LogP contribution < -0.4 is 4.90 Å². The summed E-state index contributed by atoms with van der Waals surface area (Å²) < 4.78 is 5.11. The molecule has 5 nitrogen and oxygen atoms in total. The molecular weight excluding hydrogens is 262 g/mol. The first-order valence-corrected chi connectivity index (χ1v) is 7.74. The van der Waals surface area contributed by atoms with E-state index in [1.807, 2.05) is 19.2 Å². The fourth-order valence-corrected chi connectivity index (χ4v) is 2.63. The number of carbonyl (C=O) groups is 1. The Morgan fingerprint density at radius 1 is 1.58 bits per heavy atom. The van der Waals surface area contributed by atoms with Crippen molar-refractivity contribution in [1.29, 1.82) is 0 Å². The lowest BCUT2D eigenvalue weighted by Crippen LogP contribution is -2.39. The van der Waals surface area contributed by atoms with E-state index in [4.69, 9.17) is 4.74 Å². The van der Waals surface area contributed by atoms with Crippen molar-refractivity contribution in [2.45, 2.75) is 24.8 Å². The second-order valence-electron chi connectivity index (χ2n) is 4.46. The first kappa shape index (κ1) is 14.1. The van der Waals surface area contributed by atoms with Crippen LogP contribution in [0.3, 0.4) is 0 Å². The van der Waals surface area contributed by atoms with Gasteiger partial charge in [0, 0.05) is 19.2 Å². The molecule has 0 aliphatic carbocycles. The number of piperidine rings is 1. The number of aromatic nitrogens is 2. The van der Waals surface area contributed by atoms with Crippen LogP contribution in [-0.4, -0.2) is 41.9 Å². The molecular formula is C13H19N3O2S. The van der Waals surface area contributed by atoms with Gasteiger partial charge in [-0.2, -0.15) is 0 Å². The molecule has 0 N–H and O–H groups in total. The van der Waals surface area contributed by atoms with Gasteiger partial charge in [-0.25, -0.2) is 9.97 Å². The van der Waals surface area contributed by atoms with E-state index in [-0.39, 0.29) is 11.9 Å². The SMILES string of the molecule is CCOC(=O)C1CCCN(c2cc(SC)ncn2)C1. The van der Waals surface area contributed by atoms with Gasteiger partial charge in [-0.1, -0.05) is 0 Å². The van der Waals surface area contributed by atoms with E-state index in [1.165, 1.54) is 0 Å². The number of ether oxygens (including phenoxy) is 1. The summed E-state index contributed by atoms with van der Waals surface area (Å²) in [5.74, 6) is 0.765. The lowest BCUT2D eigenvalue weighted by atomic mass is 9.98. The van der Waals surface area contributed by atoms with E-state index >= 15 is 0 Å². The van der Waals surface area contributed by atoms with Crippen molar-refractivity contribution in [1.82, 2.24) is 9.97 Å². The largest absolute Gasteiger partial charge is 0.466 e. The highest BCUT2D eigenvalue weighted by molar-refractivity contribution is 7.98. The van der Waals surface area contributed by atoms with Gasteiger partial charge in [0.2, 0.25) is 0 Å². The van der Waals surface area contributed by atoms with Crippen LogP contribution in [-0.2, 0) is 9.53 Å². The zero-order chi connectivity index (χ0) is 13.7. The summed E-state index contributed by atoms with van der Waals surface area (Å²) in [6, 6.07) is 1.97. The first-order chi connectivity index (χ1) is 9.24. The number of hydrogen-bond donors (Lipinski definition) is 0. The van der Waals surface area contributed by atoms with Crippen LogP contribution in [0.2, 0.25) is 0 Å². The van der Waals surface area contributed by atoms with Crippen LogP contribution in [0.25, 0.3) is 0 Å². The standard InChI is InChI=1S/C13H19N3O2S/c1-3-18-13(17)10-5-4-6-16(8-10)11-7-12(19-2)15-9-14-11/h7,9-10H,3-6,8H2,1-2H3. The molecule has 2 heterocycles. The smallest absolute Gasteiger partial charge is 0.310 e. The monoisotopic (exact) mass is 281 g/mol. The summed E-state index contributed by atoms with van der Waals surface area (Å²) in [5, 5.41) is 0.947. The summed E-state index contributed by atoms with van der Waals surface area (Å²) in [5.41, 5.74) is 0. The van der Waals surface area contributed by atoms with Crippen molar-refractivity contribution < 1.29 is 9.53 Å². The molecule has 19 heavy (non-hydrogen) atoms. The highest BCUT2D eigenvalue weighted by Gasteiger charge is 2.27. The number of rotatable bonds is 4. The molecule has 6 heteroatoms. The van der Waals surface area contributed by atoms with Crippen LogP contribution in [0.5, 0.6) is 0 Å². The van der Waals surface area contributed by atoms with E-state index in [0.29, 0.717) is 13.2 Å². The van der Waals surface area contributed by atoms with E-state index in [1.54, 1.807) is 18.1 Å². The molecule has 1 atom stereocenters. The second kappa shape index (κ2) is 6.75. The second-order valence-corrected chi connectivity index (χ2v) is 5.28. The molecule has 1 aliphatic rings. The summed E-state index contributed by atoms with van der Waals surface area (Å²) in [6.45, 7) is 3.90. The van der Waals surface area contributed by atoms with Gasteiger partial charge in [-0.05, 0) is 26.0 Å². The molecule has 1 aromatic rings. The number of anilines is 1. The number of carbonyl (C=O) groups excluding carboxylic acids is 1. The van der Waals surface area contributed by atoms with Crippen molar-refractivity contribution in [2.75, 3.05) is 30.9 Å². The Balaban J connectivity index is 2.05. The molecule has 104 valence electrons. The van der Waals surface area contributed by atoms with E-state index in [0.717, 1.165) is 30.2 Å². The maximum Gasteiger partial charge on any atom is 0.310 e. The average Bonchev–Trinajstić information content (AvgIpc) is 2.48. The van der Waals surface area contributed by atoms with Crippen LogP contribution >= 0.6 is 11.8 Å². The molecule has 1 fully saturated rings. The van der Waals surface area contributed by atoms with Crippen molar-refractivity contribution in [3.05, 3.63) is 12.4 Å². The molecule has 0 amide bonds. The third kappa shape index (κ3) is 3.59. The minimum Gasteiger partial charge on any atom is -0.466 e. The fraction of sp³-hybridized carbons (Fsp3) is 0.615. The highest BCUT2D eigenvalue weighted by Crippen LogP contribution is 2.24. The van der Waals surface area contributed by atoms with Gasteiger partial charge in [-0.15, -0.1) is 11.8 Å². The Morgan fingerprint density at radius 3 is 3.16 bits per heavy atom. The quantitative estimate of drug-likeness (QED) is 0.478. The Labute approximate surface area is 117 Å². The Bertz CT molecular complexity index is 442. The third-order valence-corrected chi connectivity index (χ3v) is 3.84. The predicted molar refractivity (Wildman–Crippen MR) is 75.4 cm³/mol. The maximum atomic E-state index is 11.8. The van der Waals surface area contributed by atoms with Crippen molar-refractivity contribution in [2.24, 2.45) is 5.92 Å². The first-order valence-electron chi connectivity index (χ1n) is 6.52. The molecule has 0 aromatic carbocycles. The average molecular weight is 281 g/mol. The summed E-state index contributed by atoms with van der Waals surface area (Å²) in [4.78, 5) is 22.4. The van der Waals surface area contributed by atoms with E-state index < -0.39 is 0 Å². The Kier molecular flexibility index (Phi) is 5.01. The summed E-state index contributed by atoms with van der Waals surface area (Å²) >= 11 is 1.59. The molecule has 0 bridgehead atoms. The van der Waals surface area contributed by atoms with Crippen LogP contribution in [0.4, 0.5) is 5.82 Å². The Hall–Kier alpha value is -1.30. The van der Waals surface area contributed by atoms with Gasteiger partial charge in [-0.3, -0.25) is 4.79 Å². The van der Waals surface area contributed by atoms with Gasteiger partial charge in [0.05, 0.1) is 12.5 Å². The molecule has 0 spiro atoms. The van der Waals surface area contributed by atoms with Crippen LogP contribution in [0.15, 0.2) is 17.4 Å². The minimum atomic E-state index is -0.0913. The zero-order valence-electron chi connectivity index (χ0n) is 11.3. The maximum absolute atomic E-state index is 11.8. The van der Waals surface area contributed by atoms with Crippen molar-refractivity contribution >= 4 is 23.5 Å². The lowest BCUT2D eigenvalue weighted by molar-refractivity contribution is -0.148. The molecule has 0 radical (unpaired) electrons. The fourth-order valence-electron chi connectivity index (χ4n) is 2.25. The van der Waals surface area contributed by atoms with Gasteiger partial charge in [0.25, 0.3) is 0 Å². The highest BCUT2D eigenvalue weighted by atomic mass is 32.2. The molecule has 1 aromatic heterocycles. The van der Waals surface area contributed by atoms with Gasteiger partial charge in [0.15, 0.2) is 0 Å². The number of esters is 1. The molecule has 1 unspecified atom stereocenters. The van der Waals surface area contributed by atoms with E-state index in [9.17, 15) is 4.79 Å². The third-order valence-electron chi connectivity index (χ3n) is 3.20. The molecule has 0 saturated carbocycles. The lowest BCUT2D eigenvalue weighted by Gasteiger charge is -2.32. The van der Waals surface area contributed by atoms with Crippen LogP contribution in [0.1, 0.15) is 19.8 Å². The van der Waals surface area contributed by atoms with Gasteiger partial charge in [0.1, 0.15) is 17.2 Å². The molecule has 1 aliphatic heterocycles. The van der Waals surface area contributed by atoms with Gasteiger partial charge < -0.3 is 9.64 Å². The Morgan fingerprint density at radius 2 is 2.42 bits per heavy atom.